The van der Waals surface area contributed by atoms with E-state index in [2.05, 4.69) is 41.0 Å². The van der Waals surface area contributed by atoms with Crippen molar-refractivity contribution < 1.29 is 0 Å². The van der Waals surface area contributed by atoms with Gasteiger partial charge in [0.25, 0.3) is 0 Å². The number of hydrogen-bond acceptors (Lipinski definition) is 3. The highest BCUT2D eigenvalue weighted by molar-refractivity contribution is 7.11. The van der Waals surface area contributed by atoms with Crippen LogP contribution in [0.3, 0.4) is 0 Å². The molecule has 0 bridgehead atoms. The summed E-state index contributed by atoms with van der Waals surface area (Å²) in [6.45, 7) is 8.28. The number of rotatable bonds is 5. The number of hydrogen-bond donors (Lipinski definition) is 0. The van der Waals surface area contributed by atoms with Crippen molar-refractivity contribution in [1.82, 2.24) is 9.80 Å². The van der Waals surface area contributed by atoms with Gasteiger partial charge in [-0.15, -0.1) is 11.3 Å². The van der Waals surface area contributed by atoms with E-state index in [0.717, 1.165) is 13.1 Å². The Morgan fingerprint density at radius 2 is 1.85 bits per heavy atom. The maximum Gasteiger partial charge on any atom is 0.0337 e. The van der Waals surface area contributed by atoms with E-state index < -0.39 is 0 Å². The van der Waals surface area contributed by atoms with Crippen LogP contribution in [-0.4, -0.2) is 35.5 Å². The lowest BCUT2D eigenvalue weighted by Crippen LogP contribution is -2.28. The Balaban J connectivity index is 1.54. The number of piperidine rings is 1. The van der Waals surface area contributed by atoms with Crippen molar-refractivity contribution in [3.63, 3.8) is 0 Å². The molecule has 0 spiro atoms. The van der Waals surface area contributed by atoms with Gasteiger partial charge in [0.1, 0.15) is 0 Å². The van der Waals surface area contributed by atoms with Crippen molar-refractivity contribution in [2.75, 3.05) is 19.6 Å². The third kappa shape index (κ3) is 3.51. The van der Waals surface area contributed by atoms with Crippen molar-refractivity contribution in [2.45, 2.75) is 51.7 Å². The van der Waals surface area contributed by atoms with Gasteiger partial charge in [0.2, 0.25) is 0 Å². The lowest BCUT2D eigenvalue weighted by atomic mass is 10.1. The first-order valence-corrected chi connectivity index (χ1v) is 8.87. The zero-order chi connectivity index (χ0) is 13.8. The van der Waals surface area contributed by atoms with Crippen LogP contribution in [0.4, 0.5) is 0 Å². The molecule has 1 unspecified atom stereocenters. The summed E-state index contributed by atoms with van der Waals surface area (Å²) < 4.78 is 0. The molecule has 1 saturated heterocycles. The first-order chi connectivity index (χ1) is 9.85. The fourth-order valence-electron chi connectivity index (χ4n) is 3.32. The van der Waals surface area contributed by atoms with Crippen LogP contribution in [0.2, 0.25) is 0 Å². The van der Waals surface area contributed by atoms with Gasteiger partial charge in [-0.25, -0.2) is 0 Å². The third-order valence-corrected chi connectivity index (χ3v) is 5.54. The van der Waals surface area contributed by atoms with Gasteiger partial charge in [0.05, 0.1) is 0 Å². The van der Waals surface area contributed by atoms with E-state index in [0.29, 0.717) is 6.04 Å². The van der Waals surface area contributed by atoms with Crippen LogP contribution in [0.25, 0.3) is 0 Å². The maximum absolute atomic E-state index is 2.62. The van der Waals surface area contributed by atoms with Gasteiger partial charge in [-0.05, 0) is 44.5 Å². The van der Waals surface area contributed by atoms with Crippen LogP contribution in [0.5, 0.6) is 0 Å². The molecule has 0 aliphatic carbocycles. The van der Waals surface area contributed by atoms with E-state index in [1.54, 1.807) is 4.88 Å². The summed E-state index contributed by atoms with van der Waals surface area (Å²) in [5.41, 5.74) is 0. The molecule has 20 heavy (non-hydrogen) atoms. The Morgan fingerprint density at radius 1 is 1.10 bits per heavy atom. The van der Waals surface area contributed by atoms with Gasteiger partial charge < -0.3 is 0 Å². The van der Waals surface area contributed by atoms with Crippen molar-refractivity contribution in [3.05, 3.63) is 34.0 Å². The number of nitrogens with zero attached hydrogens (tertiary/aromatic N) is 2. The fourth-order valence-corrected chi connectivity index (χ4v) is 4.40. The Morgan fingerprint density at radius 3 is 2.60 bits per heavy atom. The molecule has 2 aliphatic heterocycles. The maximum atomic E-state index is 2.62. The van der Waals surface area contributed by atoms with Gasteiger partial charge in [-0.3, -0.25) is 9.80 Å². The molecule has 0 saturated carbocycles. The molecule has 1 aromatic heterocycles. The lowest BCUT2D eigenvalue weighted by Gasteiger charge is -2.25. The monoisotopic (exact) mass is 290 g/mol. The van der Waals surface area contributed by atoms with Crippen molar-refractivity contribution in [1.29, 1.82) is 0 Å². The summed E-state index contributed by atoms with van der Waals surface area (Å²) in [4.78, 5) is 8.27. The average Bonchev–Trinajstić information content (AvgIpc) is 3.10. The average molecular weight is 290 g/mol. The Hall–Kier alpha value is -0.640. The van der Waals surface area contributed by atoms with E-state index in [1.165, 1.54) is 50.2 Å². The Labute approximate surface area is 127 Å². The van der Waals surface area contributed by atoms with Crippen LogP contribution in [0, 0.1) is 0 Å². The molecular formula is C17H26N2S. The molecule has 2 aliphatic rings. The zero-order valence-corrected chi connectivity index (χ0v) is 13.4. The van der Waals surface area contributed by atoms with E-state index in [-0.39, 0.29) is 0 Å². The largest absolute Gasteiger partial charge is 0.298 e. The standard InChI is InChI=1S/C17H26N2S/c1-2-15-7-6-12-19(15)14-17-9-8-16(20-17)13-18-10-4-3-5-11-18/h6-9,15H,2-5,10-14H2,1H3. The van der Waals surface area contributed by atoms with Gasteiger partial charge in [0, 0.05) is 35.4 Å². The summed E-state index contributed by atoms with van der Waals surface area (Å²) in [5, 5.41) is 0. The molecule has 3 heteroatoms. The molecule has 0 radical (unpaired) electrons. The van der Waals surface area contributed by atoms with E-state index in [4.69, 9.17) is 0 Å². The summed E-state index contributed by atoms with van der Waals surface area (Å²) in [5.74, 6) is 0. The van der Waals surface area contributed by atoms with Crippen molar-refractivity contribution in [2.24, 2.45) is 0 Å². The van der Waals surface area contributed by atoms with Gasteiger partial charge in [0.15, 0.2) is 0 Å². The second-order valence-electron chi connectivity index (χ2n) is 6.04. The van der Waals surface area contributed by atoms with E-state index in [1.807, 2.05) is 11.3 Å². The number of thiophene rings is 1. The summed E-state index contributed by atoms with van der Waals surface area (Å²) in [6, 6.07) is 5.34. The number of likely N-dealkylation sites (tertiary alicyclic amines) is 1. The second kappa shape index (κ2) is 6.88. The smallest absolute Gasteiger partial charge is 0.0337 e. The predicted molar refractivity (Wildman–Crippen MR) is 87.1 cm³/mol. The van der Waals surface area contributed by atoms with Crippen LogP contribution in [-0.2, 0) is 13.1 Å². The van der Waals surface area contributed by atoms with Crippen molar-refractivity contribution in [3.8, 4) is 0 Å². The van der Waals surface area contributed by atoms with Gasteiger partial charge in [-0.1, -0.05) is 25.5 Å². The summed E-state index contributed by atoms with van der Waals surface area (Å²) >= 11 is 2.01. The Bertz CT molecular complexity index is 446. The molecule has 3 rings (SSSR count). The normalized spacial score (nSPS) is 24.6. The second-order valence-corrected chi connectivity index (χ2v) is 7.29. The van der Waals surface area contributed by atoms with E-state index in [9.17, 15) is 0 Å². The minimum absolute atomic E-state index is 0.655. The van der Waals surface area contributed by atoms with Crippen molar-refractivity contribution >= 4 is 11.3 Å². The van der Waals surface area contributed by atoms with Crippen LogP contribution < -0.4 is 0 Å². The molecule has 1 aromatic rings. The van der Waals surface area contributed by atoms with Crippen LogP contribution in [0.1, 0.15) is 42.4 Å². The van der Waals surface area contributed by atoms with Gasteiger partial charge >= 0.3 is 0 Å². The minimum Gasteiger partial charge on any atom is -0.298 e. The van der Waals surface area contributed by atoms with Crippen LogP contribution >= 0.6 is 11.3 Å². The SMILES string of the molecule is CCC1C=CCN1Cc1ccc(CN2CCCCC2)s1. The molecular weight excluding hydrogens is 264 g/mol. The minimum atomic E-state index is 0.655. The summed E-state index contributed by atoms with van der Waals surface area (Å²) in [6.07, 6.45) is 10.1. The summed E-state index contributed by atoms with van der Waals surface area (Å²) in [7, 11) is 0. The lowest BCUT2D eigenvalue weighted by molar-refractivity contribution is 0.222. The topological polar surface area (TPSA) is 6.48 Å². The molecule has 1 fully saturated rings. The quantitative estimate of drug-likeness (QED) is 0.759. The van der Waals surface area contributed by atoms with Crippen LogP contribution in [0.15, 0.2) is 24.3 Å². The first-order valence-electron chi connectivity index (χ1n) is 8.06. The molecule has 1 atom stereocenters. The highest BCUT2D eigenvalue weighted by Crippen LogP contribution is 2.24. The molecule has 0 N–H and O–H groups in total. The molecule has 110 valence electrons. The predicted octanol–water partition coefficient (Wildman–Crippen LogP) is 3.88. The highest BCUT2D eigenvalue weighted by atomic mass is 32.1. The Kier molecular flexibility index (Phi) is 4.92. The van der Waals surface area contributed by atoms with E-state index >= 15 is 0 Å². The first kappa shape index (κ1) is 14.3. The molecule has 0 amide bonds. The third-order valence-electron chi connectivity index (χ3n) is 4.49. The fraction of sp³-hybridized carbons (Fsp3) is 0.647. The molecule has 3 heterocycles. The molecule has 0 aromatic carbocycles. The van der Waals surface area contributed by atoms with Gasteiger partial charge in [-0.2, -0.15) is 0 Å². The zero-order valence-electron chi connectivity index (χ0n) is 12.6. The highest BCUT2D eigenvalue weighted by Gasteiger charge is 2.19. The molecule has 2 nitrogen and oxygen atoms in total.